The van der Waals surface area contributed by atoms with Crippen molar-refractivity contribution in [3.05, 3.63) is 35.1 Å². The molecule has 1 aromatic rings. The number of halogens is 3. The molecule has 1 aliphatic heterocycles. The molecule has 20 heavy (non-hydrogen) atoms. The van der Waals surface area contributed by atoms with Gasteiger partial charge in [-0.3, -0.25) is 4.79 Å². The Morgan fingerprint density at radius 1 is 1.30 bits per heavy atom. The van der Waals surface area contributed by atoms with E-state index in [1.807, 2.05) is 0 Å². The molecule has 6 heteroatoms. The summed E-state index contributed by atoms with van der Waals surface area (Å²) in [5, 5.41) is 12.0. The summed E-state index contributed by atoms with van der Waals surface area (Å²) in [5.74, 6) is -4.63. The van der Waals surface area contributed by atoms with Crippen molar-refractivity contribution in [3.63, 3.8) is 0 Å². The van der Waals surface area contributed by atoms with Crippen molar-refractivity contribution in [2.45, 2.75) is 31.7 Å². The molecule has 2 rings (SSSR count). The van der Waals surface area contributed by atoms with Gasteiger partial charge >= 0.3 is 5.97 Å². The Morgan fingerprint density at radius 2 is 1.95 bits per heavy atom. The monoisotopic (exact) mass is 287 g/mol. The van der Waals surface area contributed by atoms with Crippen LogP contribution in [0.1, 0.15) is 24.8 Å². The van der Waals surface area contributed by atoms with Crippen LogP contribution in [-0.2, 0) is 11.2 Å². The second kappa shape index (κ2) is 6.26. The topological polar surface area (TPSA) is 49.3 Å². The second-order valence-corrected chi connectivity index (χ2v) is 5.22. The third-order valence-electron chi connectivity index (χ3n) is 3.59. The Bertz CT molecular complexity index is 484. The Morgan fingerprint density at radius 3 is 2.55 bits per heavy atom. The highest BCUT2D eigenvalue weighted by atomic mass is 19.2. The lowest BCUT2D eigenvalue weighted by atomic mass is 9.87. The number of hydrogen-bond acceptors (Lipinski definition) is 2. The molecular weight excluding hydrogens is 271 g/mol. The minimum absolute atomic E-state index is 0.0441. The van der Waals surface area contributed by atoms with Crippen LogP contribution < -0.4 is 5.32 Å². The molecule has 0 aliphatic carbocycles. The minimum Gasteiger partial charge on any atom is -0.481 e. The first-order chi connectivity index (χ1) is 9.45. The number of hydrogen-bond donors (Lipinski definition) is 2. The van der Waals surface area contributed by atoms with Gasteiger partial charge in [0.25, 0.3) is 0 Å². The average Bonchev–Trinajstić information content (AvgIpc) is 2.35. The molecule has 0 bridgehead atoms. The van der Waals surface area contributed by atoms with Gasteiger partial charge in [-0.05, 0) is 49.4 Å². The van der Waals surface area contributed by atoms with E-state index in [2.05, 4.69) is 5.32 Å². The number of carbonyl (C=O) groups is 1. The van der Waals surface area contributed by atoms with Crippen molar-refractivity contribution in [2.24, 2.45) is 5.92 Å². The molecule has 2 unspecified atom stereocenters. The van der Waals surface area contributed by atoms with Gasteiger partial charge in [-0.1, -0.05) is 0 Å². The third kappa shape index (κ3) is 3.72. The predicted octanol–water partition coefficient (Wildman–Crippen LogP) is 2.49. The van der Waals surface area contributed by atoms with Crippen molar-refractivity contribution in [1.29, 1.82) is 0 Å². The van der Waals surface area contributed by atoms with E-state index in [-0.39, 0.29) is 18.4 Å². The van der Waals surface area contributed by atoms with E-state index in [4.69, 9.17) is 5.11 Å². The number of nitrogens with one attached hydrogen (secondary N) is 1. The average molecular weight is 287 g/mol. The van der Waals surface area contributed by atoms with Gasteiger partial charge < -0.3 is 10.4 Å². The van der Waals surface area contributed by atoms with Crippen LogP contribution in [0.3, 0.4) is 0 Å². The molecule has 0 saturated carbocycles. The molecule has 1 fully saturated rings. The van der Waals surface area contributed by atoms with Gasteiger partial charge in [-0.25, -0.2) is 13.2 Å². The summed E-state index contributed by atoms with van der Waals surface area (Å²) in [5.41, 5.74) is 0.370. The highest BCUT2D eigenvalue weighted by Crippen LogP contribution is 2.23. The molecule has 0 amide bonds. The van der Waals surface area contributed by atoms with E-state index in [1.54, 1.807) is 0 Å². The molecule has 1 aliphatic rings. The fraction of sp³-hybridized carbons (Fsp3) is 0.500. The maximum Gasteiger partial charge on any atom is 0.303 e. The highest BCUT2D eigenvalue weighted by molar-refractivity contribution is 5.67. The normalized spacial score (nSPS) is 22.8. The van der Waals surface area contributed by atoms with Crippen molar-refractivity contribution >= 4 is 5.97 Å². The lowest BCUT2D eigenvalue weighted by Crippen LogP contribution is -2.40. The molecule has 0 radical (unpaired) electrons. The zero-order valence-electron chi connectivity index (χ0n) is 10.8. The van der Waals surface area contributed by atoms with Gasteiger partial charge in [0.1, 0.15) is 0 Å². The van der Waals surface area contributed by atoms with Gasteiger partial charge in [-0.2, -0.15) is 0 Å². The first-order valence-corrected chi connectivity index (χ1v) is 6.54. The van der Waals surface area contributed by atoms with Crippen molar-refractivity contribution in [3.8, 4) is 0 Å². The summed E-state index contributed by atoms with van der Waals surface area (Å²) in [6.45, 7) is 0.675. The summed E-state index contributed by atoms with van der Waals surface area (Å²) in [6.07, 6.45) is 1.86. The number of carboxylic acids is 1. The SMILES string of the molecule is O=C(O)CC1CCNC(Cc2cc(F)c(F)c(F)c2)C1. The lowest BCUT2D eigenvalue weighted by molar-refractivity contribution is -0.138. The Labute approximate surface area is 114 Å². The molecule has 1 heterocycles. The van der Waals surface area contributed by atoms with Crippen LogP contribution in [0, 0.1) is 23.4 Å². The van der Waals surface area contributed by atoms with Crippen LogP contribution in [0.2, 0.25) is 0 Å². The van der Waals surface area contributed by atoms with Gasteiger partial charge in [0.05, 0.1) is 0 Å². The first kappa shape index (κ1) is 14.8. The van der Waals surface area contributed by atoms with Crippen LogP contribution in [0.4, 0.5) is 13.2 Å². The Balaban J connectivity index is 2.01. The van der Waals surface area contributed by atoms with Crippen molar-refractivity contribution in [1.82, 2.24) is 5.32 Å². The standard InChI is InChI=1S/C14H16F3NO2/c15-11-5-9(6-12(16)14(11)17)4-10-3-8(1-2-18-10)7-13(19)20/h5-6,8,10,18H,1-4,7H2,(H,19,20). The highest BCUT2D eigenvalue weighted by Gasteiger charge is 2.24. The van der Waals surface area contributed by atoms with Crippen LogP contribution in [0.5, 0.6) is 0 Å². The fourth-order valence-electron chi connectivity index (χ4n) is 2.69. The number of carboxylic acid groups (broad SMARTS) is 1. The third-order valence-corrected chi connectivity index (χ3v) is 3.59. The first-order valence-electron chi connectivity index (χ1n) is 6.54. The molecule has 0 aromatic heterocycles. The molecule has 0 spiro atoms. The molecule has 1 aromatic carbocycles. The summed E-state index contributed by atoms with van der Waals surface area (Å²) in [7, 11) is 0. The maximum atomic E-state index is 13.1. The summed E-state index contributed by atoms with van der Waals surface area (Å²) in [6, 6.07) is 1.93. The predicted molar refractivity (Wildman–Crippen MR) is 66.8 cm³/mol. The van der Waals surface area contributed by atoms with E-state index < -0.39 is 23.4 Å². The summed E-state index contributed by atoms with van der Waals surface area (Å²) < 4.78 is 39.1. The summed E-state index contributed by atoms with van der Waals surface area (Å²) in [4.78, 5) is 10.7. The maximum absolute atomic E-state index is 13.1. The van der Waals surface area contributed by atoms with Gasteiger partial charge in [-0.15, -0.1) is 0 Å². The van der Waals surface area contributed by atoms with E-state index in [9.17, 15) is 18.0 Å². The quantitative estimate of drug-likeness (QED) is 0.837. The molecule has 2 N–H and O–H groups in total. The number of rotatable bonds is 4. The molecular formula is C14H16F3NO2. The second-order valence-electron chi connectivity index (χ2n) is 5.22. The van der Waals surface area contributed by atoms with Gasteiger partial charge in [0.2, 0.25) is 0 Å². The van der Waals surface area contributed by atoms with Crippen LogP contribution in [-0.4, -0.2) is 23.7 Å². The van der Waals surface area contributed by atoms with Crippen LogP contribution in [0.25, 0.3) is 0 Å². The number of benzene rings is 1. The zero-order chi connectivity index (χ0) is 14.7. The van der Waals surface area contributed by atoms with Crippen molar-refractivity contribution in [2.75, 3.05) is 6.54 Å². The largest absolute Gasteiger partial charge is 0.481 e. The zero-order valence-corrected chi connectivity index (χ0v) is 10.8. The fourth-order valence-corrected chi connectivity index (χ4v) is 2.69. The molecule has 2 atom stereocenters. The van der Waals surface area contributed by atoms with Gasteiger partial charge in [0.15, 0.2) is 17.5 Å². The van der Waals surface area contributed by atoms with E-state index in [0.29, 0.717) is 24.9 Å². The van der Waals surface area contributed by atoms with Crippen LogP contribution in [0.15, 0.2) is 12.1 Å². The molecule has 110 valence electrons. The smallest absolute Gasteiger partial charge is 0.303 e. The Kier molecular flexibility index (Phi) is 4.65. The van der Waals surface area contributed by atoms with Crippen LogP contribution >= 0.6 is 0 Å². The summed E-state index contributed by atoms with van der Waals surface area (Å²) >= 11 is 0. The molecule has 1 saturated heterocycles. The lowest BCUT2D eigenvalue weighted by Gasteiger charge is -2.29. The number of piperidine rings is 1. The Hall–Kier alpha value is -1.56. The van der Waals surface area contributed by atoms with Gasteiger partial charge in [0, 0.05) is 12.5 Å². The van der Waals surface area contributed by atoms with E-state index in [1.165, 1.54) is 0 Å². The minimum atomic E-state index is -1.46. The molecule has 3 nitrogen and oxygen atoms in total. The van der Waals surface area contributed by atoms with E-state index in [0.717, 1.165) is 18.6 Å². The van der Waals surface area contributed by atoms with Crippen molar-refractivity contribution < 1.29 is 23.1 Å². The number of aliphatic carboxylic acids is 1. The van der Waals surface area contributed by atoms with E-state index >= 15 is 0 Å².